The van der Waals surface area contributed by atoms with E-state index in [0.717, 1.165) is 22.8 Å². The highest BCUT2D eigenvalue weighted by Gasteiger charge is 2.36. The fraction of sp³-hybridized carbons (Fsp3) is 0.467. The van der Waals surface area contributed by atoms with Crippen molar-refractivity contribution in [3.63, 3.8) is 0 Å². The zero-order valence-electron chi connectivity index (χ0n) is 25.8. The molecule has 2 aromatic rings. The maximum absolute atomic E-state index is 13.2. The van der Waals surface area contributed by atoms with Crippen LogP contribution in [0.3, 0.4) is 0 Å². The molecule has 0 bridgehead atoms. The zero-order chi connectivity index (χ0) is 32.7. The number of amides is 2. The van der Waals surface area contributed by atoms with Gasteiger partial charge in [-0.1, -0.05) is 36.0 Å². The molecule has 1 N–H and O–H groups in total. The van der Waals surface area contributed by atoms with E-state index in [4.69, 9.17) is 9.47 Å². The summed E-state index contributed by atoms with van der Waals surface area (Å²) in [6.45, 7) is 6.84. The molecule has 240 valence electrons. The largest absolute Gasteiger partial charge is 0.463 e. The number of likely N-dealkylation sites (tertiary alicyclic amines) is 1. The molecule has 1 aliphatic heterocycles. The second kappa shape index (κ2) is 14.9. The fourth-order valence-electron chi connectivity index (χ4n) is 4.58. The number of nitrogens with zero attached hydrogens (tertiary/aromatic N) is 3. The number of benzene rings is 2. The molecule has 1 heterocycles. The van der Waals surface area contributed by atoms with Gasteiger partial charge in [-0.15, -0.1) is 0 Å². The van der Waals surface area contributed by atoms with Crippen LogP contribution in [0.1, 0.15) is 40.5 Å². The minimum absolute atomic E-state index is 0.0238. The minimum atomic E-state index is -4.08. The summed E-state index contributed by atoms with van der Waals surface area (Å²) < 4.78 is 39.4. The van der Waals surface area contributed by atoms with Gasteiger partial charge in [-0.25, -0.2) is 13.2 Å². The van der Waals surface area contributed by atoms with E-state index in [9.17, 15) is 27.6 Å². The highest BCUT2D eigenvalue weighted by atomic mass is 32.2. The molecule has 0 aliphatic carbocycles. The molecule has 0 radical (unpaired) electrons. The number of hydrogen-bond donors (Lipinski definition) is 1. The molecule has 2 amide bonds. The minimum Gasteiger partial charge on any atom is -0.463 e. The van der Waals surface area contributed by atoms with Gasteiger partial charge < -0.3 is 19.3 Å². The van der Waals surface area contributed by atoms with Crippen LogP contribution < -0.4 is 9.62 Å². The first kappa shape index (κ1) is 34.9. The monoisotopic (exact) mass is 648 g/mol. The lowest BCUT2D eigenvalue weighted by Gasteiger charge is -2.27. The second-order valence-corrected chi connectivity index (χ2v) is 14.0. The highest BCUT2D eigenvalue weighted by Crippen LogP contribution is 2.30. The van der Waals surface area contributed by atoms with Gasteiger partial charge in [0.05, 0.1) is 11.4 Å². The van der Waals surface area contributed by atoms with Crippen molar-refractivity contribution in [2.45, 2.75) is 63.1 Å². The van der Waals surface area contributed by atoms with Gasteiger partial charge in [0, 0.05) is 43.3 Å². The SMILES string of the molecule is CC(NS(=O)(=O)c1cccc2c(N(C)C)cccc12)C(=O)OCCN(C=O)C=CSC(=O)C1CCCN1C(=O)OC(C)(C)C. The molecule has 12 nitrogen and oxygen atoms in total. The number of thioether (sulfide) groups is 1. The summed E-state index contributed by atoms with van der Waals surface area (Å²) in [5.41, 5.74) is 0.175. The van der Waals surface area contributed by atoms with Gasteiger partial charge >= 0.3 is 12.1 Å². The Bertz CT molecular complexity index is 1500. The van der Waals surface area contributed by atoms with E-state index in [2.05, 4.69) is 4.72 Å². The first-order valence-electron chi connectivity index (χ1n) is 14.1. The van der Waals surface area contributed by atoms with Crippen LogP contribution >= 0.6 is 11.8 Å². The number of fused-ring (bicyclic) bond motifs is 1. The molecular weight excluding hydrogens is 608 g/mol. The average molecular weight is 649 g/mol. The summed E-state index contributed by atoms with van der Waals surface area (Å²) in [6, 6.07) is 8.49. The topological polar surface area (TPSA) is 143 Å². The number of sulfonamides is 1. The van der Waals surface area contributed by atoms with Crippen molar-refractivity contribution < 1.29 is 37.1 Å². The Kier molecular flexibility index (Phi) is 11.8. The maximum Gasteiger partial charge on any atom is 0.410 e. The van der Waals surface area contributed by atoms with Crippen LogP contribution in [-0.4, -0.2) is 93.3 Å². The summed E-state index contributed by atoms with van der Waals surface area (Å²) in [7, 11) is -0.349. The van der Waals surface area contributed by atoms with Crippen LogP contribution in [-0.2, 0) is 33.9 Å². The molecule has 2 aromatic carbocycles. The molecule has 3 rings (SSSR count). The predicted octanol–water partition coefficient (Wildman–Crippen LogP) is 3.70. The quantitative estimate of drug-likeness (QED) is 0.267. The van der Waals surface area contributed by atoms with Gasteiger partial charge in [0.2, 0.25) is 21.5 Å². The molecule has 14 heteroatoms. The lowest BCUT2D eigenvalue weighted by molar-refractivity contribution is -0.145. The Morgan fingerprint density at radius 3 is 2.48 bits per heavy atom. The lowest BCUT2D eigenvalue weighted by atomic mass is 10.1. The van der Waals surface area contributed by atoms with Gasteiger partial charge in [-0.3, -0.25) is 19.3 Å². The molecule has 2 unspecified atom stereocenters. The number of esters is 1. The van der Waals surface area contributed by atoms with Gasteiger partial charge in [0.15, 0.2) is 0 Å². The summed E-state index contributed by atoms with van der Waals surface area (Å²) >= 11 is 0.852. The number of carbonyl (C=O) groups excluding carboxylic acids is 4. The third kappa shape index (κ3) is 9.19. The van der Waals surface area contributed by atoms with Crippen LogP contribution in [0.2, 0.25) is 0 Å². The van der Waals surface area contributed by atoms with Gasteiger partial charge in [-0.2, -0.15) is 4.72 Å². The third-order valence-corrected chi connectivity index (χ3v) is 9.00. The molecule has 44 heavy (non-hydrogen) atoms. The predicted molar refractivity (Wildman–Crippen MR) is 169 cm³/mol. The van der Waals surface area contributed by atoms with Crippen molar-refractivity contribution in [3.8, 4) is 0 Å². The van der Waals surface area contributed by atoms with Crippen molar-refractivity contribution in [2.24, 2.45) is 0 Å². The Balaban J connectivity index is 1.51. The number of ether oxygens (including phenoxy) is 2. The average Bonchev–Trinajstić information content (AvgIpc) is 3.45. The molecule has 1 saturated heterocycles. The first-order chi connectivity index (χ1) is 20.6. The molecule has 0 aromatic heterocycles. The highest BCUT2D eigenvalue weighted by molar-refractivity contribution is 8.16. The van der Waals surface area contributed by atoms with Crippen molar-refractivity contribution in [1.82, 2.24) is 14.5 Å². The molecule has 0 saturated carbocycles. The lowest BCUT2D eigenvalue weighted by Crippen LogP contribution is -2.42. The zero-order valence-corrected chi connectivity index (χ0v) is 27.4. The van der Waals surface area contributed by atoms with Crippen LogP contribution in [0.5, 0.6) is 0 Å². The maximum atomic E-state index is 13.2. The van der Waals surface area contributed by atoms with Crippen molar-refractivity contribution >= 4 is 61.8 Å². The summed E-state index contributed by atoms with van der Waals surface area (Å²) in [6.07, 6.45) is 2.53. The Hall–Kier alpha value is -3.62. The van der Waals surface area contributed by atoms with Crippen LogP contribution in [0.25, 0.3) is 10.8 Å². The van der Waals surface area contributed by atoms with Gasteiger partial charge in [0.1, 0.15) is 24.3 Å². The van der Waals surface area contributed by atoms with Crippen molar-refractivity contribution in [2.75, 3.05) is 38.7 Å². The van der Waals surface area contributed by atoms with Gasteiger partial charge in [0.25, 0.3) is 0 Å². The van der Waals surface area contributed by atoms with Crippen molar-refractivity contribution in [3.05, 3.63) is 48.0 Å². The summed E-state index contributed by atoms with van der Waals surface area (Å²) in [4.78, 5) is 53.8. The van der Waals surface area contributed by atoms with E-state index < -0.39 is 39.8 Å². The fourth-order valence-corrected chi connectivity index (χ4v) is 6.74. The normalized spacial score (nSPS) is 16.1. The van der Waals surface area contributed by atoms with Crippen LogP contribution in [0.4, 0.5) is 10.5 Å². The number of carbonyl (C=O) groups is 4. The Labute approximate surface area is 262 Å². The second-order valence-electron chi connectivity index (χ2n) is 11.4. The number of hydrogen-bond acceptors (Lipinski definition) is 10. The first-order valence-corrected chi connectivity index (χ1v) is 16.5. The number of anilines is 1. The summed E-state index contributed by atoms with van der Waals surface area (Å²) in [5.74, 6) is -0.814. The van der Waals surface area contributed by atoms with E-state index in [1.165, 1.54) is 34.4 Å². The standard InChI is InChI=1S/C30H40N4O8S2/c1-21(31-44(39,40)26-14-8-10-22-23(26)11-7-12-24(22)32(5)6)27(36)41-18-16-33(20-35)17-19-43-28(37)25-13-9-15-34(25)29(38)42-30(2,3)4/h7-8,10-12,14,17,19-21,25,31H,9,13,15-16,18H2,1-6H3. The van der Waals surface area contributed by atoms with E-state index in [-0.39, 0.29) is 23.2 Å². The Morgan fingerprint density at radius 2 is 1.82 bits per heavy atom. The van der Waals surface area contributed by atoms with Crippen LogP contribution in [0.15, 0.2) is 52.9 Å². The van der Waals surface area contributed by atoms with E-state index >= 15 is 0 Å². The number of rotatable bonds is 12. The summed E-state index contributed by atoms with van der Waals surface area (Å²) in [5, 5.41) is 2.43. The van der Waals surface area contributed by atoms with Gasteiger partial charge in [-0.05, 0) is 58.1 Å². The molecule has 1 aliphatic rings. The molecule has 2 atom stereocenters. The molecule has 1 fully saturated rings. The van der Waals surface area contributed by atoms with E-state index in [1.54, 1.807) is 39.0 Å². The van der Waals surface area contributed by atoms with Crippen LogP contribution in [0, 0.1) is 0 Å². The Morgan fingerprint density at radius 1 is 1.14 bits per heavy atom. The van der Waals surface area contributed by atoms with E-state index in [0.29, 0.717) is 31.2 Å². The molecular formula is C30H40N4O8S2. The van der Waals surface area contributed by atoms with E-state index in [1.807, 2.05) is 31.1 Å². The smallest absolute Gasteiger partial charge is 0.410 e. The number of nitrogens with one attached hydrogen (secondary N) is 1. The third-order valence-electron chi connectivity index (χ3n) is 6.63. The van der Waals surface area contributed by atoms with Crippen molar-refractivity contribution in [1.29, 1.82) is 0 Å². The molecule has 0 spiro atoms.